The van der Waals surface area contributed by atoms with Gasteiger partial charge >= 0.3 is 5.97 Å². The first-order valence-electron chi connectivity index (χ1n) is 10.7. The summed E-state index contributed by atoms with van der Waals surface area (Å²) in [6, 6.07) is 14.6. The minimum Gasteiger partial charge on any atom is -0.469 e. The number of amides is 1. The molecule has 31 heavy (non-hydrogen) atoms. The Balaban J connectivity index is 2.42. The maximum absolute atomic E-state index is 13.3. The predicted molar refractivity (Wildman–Crippen MR) is 126 cm³/mol. The van der Waals surface area contributed by atoms with E-state index in [0.717, 1.165) is 18.4 Å². The number of anilines is 1. The number of rotatable bonds is 11. The van der Waals surface area contributed by atoms with Gasteiger partial charge in [-0.15, -0.1) is 0 Å². The first-order chi connectivity index (χ1) is 14.9. The lowest BCUT2D eigenvalue weighted by Gasteiger charge is -2.27. The molecule has 0 aromatic heterocycles. The van der Waals surface area contributed by atoms with Crippen molar-refractivity contribution in [3.8, 4) is 0 Å². The number of esters is 1. The van der Waals surface area contributed by atoms with Crippen LogP contribution in [0.4, 0.5) is 5.69 Å². The number of benzene rings is 2. The molecule has 0 aliphatic carbocycles. The minimum absolute atomic E-state index is 0.0111. The Morgan fingerprint density at radius 3 is 2.39 bits per heavy atom. The molecule has 6 heteroatoms. The summed E-state index contributed by atoms with van der Waals surface area (Å²) in [5.41, 5.74) is 2.27. The number of ether oxygens (including phenoxy) is 1. The normalized spacial score (nSPS) is 10.7. The van der Waals surface area contributed by atoms with Gasteiger partial charge in [0.1, 0.15) is 0 Å². The van der Waals surface area contributed by atoms with Crippen LogP contribution in [0.1, 0.15) is 57.1 Å². The van der Waals surface area contributed by atoms with Crippen molar-refractivity contribution in [2.24, 2.45) is 5.92 Å². The number of nitrogens with zero attached hydrogens (tertiary/aromatic N) is 1. The highest BCUT2D eigenvalue weighted by atomic mass is 35.5. The largest absolute Gasteiger partial charge is 0.469 e. The number of nitrogens with one attached hydrogen (secondary N) is 1. The molecule has 2 aromatic rings. The lowest BCUT2D eigenvalue weighted by atomic mass is 9.97. The van der Waals surface area contributed by atoms with E-state index in [1.807, 2.05) is 30.3 Å². The SMILES string of the molecule is CCC(CC)CC(=O)N(CCCC(=O)OC)c1ccc(Cl)cc1C(=N)c1ccccc1. The Morgan fingerprint density at radius 2 is 1.77 bits per heavy atom. The molecule has 0 bridgehead atoms. The topological polar surface area (TPSA) is 70.5 Å². The highest BCUT2D eigenvalue weighted by Gasteiger charge is 2.23. The summed E-state index contributed by atoms with van der Waals surface area (Å²) in [6.45, 7) is 4.54. The Morgan fingerprint density at radius 1 is 1.10 bits per heavy atom. The Bertz CT molecular complexity index is 895. The number of methoxy groups -OCH3 is 1. The molecule has 0 fully saturated rings. The lowest BCUT2D eigenvalue weighted by molar-refractivity contribution is -0.140. The van der Waals surface area contributed by atoms with Crippen LogP contribution in [0.5, 0.6) is 0 Å². The number of hydrogen-bond acceptors (Lipinski definition) is 4. The van der Waals surface area contributed by atoms with E-state index >= 15 is 0 Å². The fourth-order valence-corrected chi connectivity index (χ4v) is 3.67. The number of carbonyl (C=O) groups excluding carboxylic acids is 2. The van der Waals surface area contributed by atoms with E-state index < -0.39 is 0 Å². The quantitative estimate of drug-likeness (QED) is 0.349. The van der Waals surface area contributed by atoms with Crippen LogP contribution in [0, 0.1) is 11.3 Å². The molecular weight excluding hydrogens is 412 g/mol. The molecule has 0 saturated heterocycles. The van der Waals surface area contributed by atoms with Gasteiger partial charge in [0.2, 0.25) is 5.91 Å². The number of halogens is 1. The van der Waals surface area contributed by atoms with Crippen molar-refractivity contribution in [2.45, 2.75) is 46.0 Å². The fourth-order valence-electron chi connectivity index (χ4n) is 3.50. The second-order valence-corrected chi connectivity index (χ2v) is 7.95. The summed E-state index contributed by atoms with van der Waals surface area (Å²) in [4.78, 5) is 26.6. The molecular formula is C25H31ClN2O3. The summed E-state index contributed by atoms with van der Waals surface area (Å²) in [7, 11) is 1.36. The van der Waals surface area contributed by atoms with Gasteiger partial charge < -0.3 is 9.64 Å². The summed E-state index contributed by atoms with van der Waals surface area (Å²) in [5, 5.41) is 9.26. The lowest BCUT2D eigenvalue weighted by Crippen LogP contribution is -2.34. The zero-order valence-corrected chi connectivity index (χ0v) is 19.2. The smallest absolute Gasteiger partial charge is 0.305 e. The molecule has 0 unspecified atom stereocenters. The van der Waals surface area contributed by atoms with Gasteiger partial charge in [-0.25, -0.2) is 0 Å². The predicted octanol–water partition coefficient (Wildman–Crippen LogP) is 5.87. The van der Waals surface area contributed by atoms with E-state index in [1.54, 1.807) is 23.1 Å². The minimum atomic E-state index is -0.305. The summed E-state index contributed by atoms with van der Waals surface area (Å²) >= 11 is 6.27. The number of hydrogen-bond donors (Lipinski definition) is 1. The van der Waals surface area contributed by atoms with Gasteiger partial charge in [0.25, 0.3) is 0 Å². The second kappa shape index (κ2) is 12.3. The van der Waals surface area contributed by atoms with Crippen molar-refractivity contribution in [3.63, 3.8) is 0 Å². The van der Waals surface area contributed by atoms with E-state index in [0.29, 0.717) is 47.3 Å². The first-order valence-corrected chi connectivity index (χ1v) is 11.1. The zero-order valence-electron chi connectivity index (χ0n) is 18.5. The van der Waals surface area contributed by atoms with E-state index in [2.05, 4.69) is 13.8 Å². The van der Waals surface area contributed by atoms with Crippen molar-refractivity contribution in [1.82, 2.24) is 0 Å². The third-order valence-electron chi connectivity index (χ3n) is 5.49. The van der Waals surface area contributed by atoms with E-state index in [4.69, 9.17) is 21.7 Å². The second-order valence-electron chi connectivity index (χ2n) is 7.51. The standard InChI is InChI=1S/C25H31ClN2O3/c1-4-18(5-2)16-23(29)28(15-9-12-24(30)31-3)22-14-13-20(26)17-21(22)25(27)19-10-7-6-8-11-19/h6-8,10-11,13-14,17-18,27H,4-5,9,12,15-16H2,1-3H3. The molecule has 0 heterocycles. The summed E-state index contributed by atoms with van der Waals surface area (Å²) in [5.74, 6) is -0.0244. The molecule has 5 nitrogen and oxygen atoms in total. The average molecular weight is 443 g/mol. The van der Waals surface area contributed by atoms with Crippen molar-refractivity contribution in [3.05, 3.63) is 64.7 Å². The Labute approximate surface area is 189 Å². The van der Waals surface area contributed by atoms with E-state index in [-0.39, 0.29) is 18.3 Å². The molecule has 0 atom stereocenters. The molecule has 1 amide bonds. The summed E-state index contributed by atoms with van der Waals surface area (Å²) in [6.07, 6.45) is 2.97. The van der Waals surface area contributed by atoms with Crippen LogP contribution >= 0.6 is 11.6 Å². The molecule has 0 spiro atoms. The molecule has 166 valence electrons. The first kappa shape index (κ1) is 24.6. The van der Waals surface area contributed by atoms with Gasteiger partial charge in [-0.05, 0) is 30.5 Å². The van der Waals surface area contributed by atoms with Gasteiger partial charge in [0.15, 0.2) is 0 Å². The van der Waals surface area contributed by atoms with E-state index in [9.17, 15) is 9.59 Å². The van der Waals surface area contributed by atoms with Crippen LogP contribution in [0.2, 0.25) is 5.02 Å². The van der Waals surface area contributed by atoms with Gasteiger partial charge in [-0.1, -0.05) is 68.6 Å². The van der Waals surface area contributed by atoms with Crippen molar-refractivity contribution >= 4 is 34.9 Å². The van der Waals surface area contributed by atoms with Gasteiger partial charge in [0.05, 0.1) is 18.5 Å². The molecule has 2 rings (SSSR count). The van der Waals surface area contributed by atoms with E-state index in [1.165, 1.54) is 7.11 Å². The molecule has 2 aromatic carbocycles. The van der Waals surface area contributed by atoms with Gasteiger partial charge in [0, 0.05) is 35.5 Å². The van der Waals surface area contributed by atoms with Crippen LogP contribution in [-0.2, 0) is 14.3 Å². The van der Waals surface area contributed by atoms with Crippen molar-refractivity contribution in [1.29, 1.82) is 5.41 Å². The van der Waals surface area contributed by atoms with Crippen LogP contribution in [-0.4, -0.2) is 31.2 Å². The fraction of sp³-hybridized carbons (Fsp3) is 0.400. The third-order valence-corrected chi connectivity index (χ3v) is 5.73. The van der Waals surface area contributed by atoms with Gasteiger partial charge in [-0.3, -0.25) is 15.0 Å². The maximum Gasteiger partial charge on any atom is 0.305 e. The third kappa shape index (κ3) is 6.93. The Hall–Kier alpha value is -2.66. The molecule has 1 N–H and O–H groups in total. The molecule has 0 aliphatic rings. The van der Waals surface area contributed by atoms with Crippen LogP contribution < -0.4 is 4.90 Å². The average Bonchev–Trinajstić information content (AvgIpc) is 2.80. The van der Waals surface area contributed by atoms with Crippen LogP contribution in [0.3, 0.4) is 0 Å². The maximum atomic E-state index is 13.3. The van der Waals surface area contributed by atoms with Gasteiger partial charge in [-0.2, -0.15) is 0 Å². The van der Waals surface area contributed by atoms with Crippen molar-refractivity contribution in [2.75, 3.05) is 18.6 Å². The van der Waals surface area contributed by atoms with Crippen LogP contribution in [0.15, 0.2) is 48.5 Å². The zero-order chi connectivity index (χ0) is 22.8. The molecule has 0 radical (unpaired) electrons. The summed E-state index contributed by atoms with van der Waals surface area (Å²) < 4.78 is 4.74. The molecule has 0 aliphatic heterocycles. The van der Waals surface area contributed by atoms with Crippen molar-refractivity contribution < 1.29 is 14.3 Å². The molecule has 0 saturated carbocycles. The highest BCUT2D eigenvalue weighted by molar-refractivity contribution is 6.31. The van der Waals surface area contributed by atoms with Crippen LogP contribution in [0.25, 0.3) is 0 Å². The Kier molecular flexibility index (Phi) is 9.73. The monoisotopic (exact) mass is 442 g/mol. The number of carbonyl (C=O) groups is 2. The highest BCUT2D eigenvalue weighted by Crippen LogP contribution is 2.29.